The van der Waals surface area contributed by atoms with E-state index in [0.717, 1.165) is 11.6 Å². The van der Waals surface area contributed by atoms with Crippen molar-refractivity contribution in [2.75, 3.05) is 0 Å². The van der Waals surface area contributed by atoms with Gasteiger partial charge in [0.1, 0.15) is 18.1 Å². The minimum absolute atomic E-state index is 0.123. The number of carbonyl (C=O) groups excluding carboxylic acids is 1. The topological polar surface area (TPSA) is 35.5 Å². The number of hydrogen-bond donors (Lipinski definition) is 0. The number of aryl methyl sites for hydroxylation is 3. The first kappa shape index (κ1) is 20.8. The van der Waals surface area contributed by atoms with E-state index in [-0.39, 0.29) is 18.8 Å². The standard InChI is InChI=1S/C21H23F3O3/c1-5-15-8-7-9-18(27-20(25)6-2)16(15)12-26-19-11-14(4)13(3)10-17(19)21(22,23)24/h7-11H,5-6,12H2,1-4H3. The van der Waals surface area contributed by atoms with Crippen LogP contribution in [-0.4, -0.2) is 5.97 Å². The van der Waals surface area contributed by atoms with Crippen LogP contribution < -0.4 is 9.47 Å². The molecule has 0 aliphatic heterocycles. The molecule has 0 bridgehead atoms. The molecule has 146 valence electrons. The van der Waals surface area contributed by atoms with Crippen LogP contribution in [0.2, 0.25) is 0 Å². The average molecular weight is 380 g/mol. The highest BCUT2D eigenvalue weighted by atomic mass is 19.4. The van der Waals surface area contributed by atoms with Crippen LogP contribution >= 0.6 is 0 Å². The molecule has 0 aliphatic rings. The lowest BCUT2D eigenvalue weighted by molar-refractivity contribution is -0.139. The Bertz CT molecular complexity index is 826. The third-order valence-corrected chi connectivity index (χ3v) is 4.40. The Morgan fingerprint density at radius 2 is 1.70 bits per heavy atom. The van der Waals surface area contributed by atoms with Crippen LogP contribution in [0.25, 0.3) is 0 Å². The smallest absolute Gasteiger partial charge is 0.419 e. The van der Waals surface area contributed by atoms with Crippen LogP contribution in [0, 0.1) is 13.8 Å². The van der Waals surface area contributed by atoms with Gasteiger partial charge in [-0.1, -0.05) is 26.0 Å². The van der Waals surface area contributed by atoms with Crippen molar-refractivity contribution >= 4 is 5.97 Å². The van der Waals surface area contributed by atoms with Gasteiger partial charge in [0.25, 0.3) is 0 Å². The van der Waals surface area contributed by atoms with Crippen LogP contribution in [0.15, 0.2) is 30.3 Å². The van der Waals surface area contributed by atoms with E-state index < -0.39 is 17.7 Å². The first-order chi connectivity index (χ1) is 12.7. The van der Waals surface area contributed by atoms with E-state index in [1.807, 2.05) is 13.0 Å². The molecule has 0 radical (unpaired) electrons. The molecule has 2 aromatic carbocycles. The Labute approximate surface area is 157 Å². The quantitative estimate of drug-likeness (QED) is 0.471. The van der Waals surface area contributed by atoms with E-state index in [4.69, 9.17) is 9.47 Å². The van der Waals surface area contributed by atoms with Gasteiger partial charge in [-0.05, 0) is 55.2 Å². The van der Waals surface area contributed by atoms with Gasteiger partial charge in [0.05, 0.1) is 5.56 Å². The highest BCUT2D eigenvalue weighted by molar-refractivity contribution is 5.72. The van der Waals surface area contributed by atoms with E-state index in [2.05, 4.69) is 0 Å². The van der Waals surface area contributed by atoms with Gasteiger partial charge < -0.3 is 9.47 Å². The van der Waals surface area contributed by atoms with E-state index in [9.17, 15) is 18.0 Å². The molecule has 0 saturated carbocycles. The van der Waals surface area contributed by atoms with Gasteiger partial charge in [-0.3, -0.25) is 4.79 Å². The first-order valence-electron chi connectivity index (χ1n) is 8.80. The third-order valence-electron chi connectivity index (χ3n) is 4.40. The molecular formula is C21H23F3O3. The van der Waals surface area contributed by atoms with Gasteiger partial charge in [0.15, 0.2) is 0 Å². The maximum absolute atomic E-state index is 13.4. The highest BCUT2D eigenvalue weighted by Gasteiger charge is 2.35. The summed E-state index contributed by atoms with van der Waals surface area (Å²) in [6, 6.07) is 7.69. The van der Waals surface area contributed by atoms with Crippen molar-refractivity contribution in [1.82, 2.24) is 0 Å². The zero-order valence-electron chi connectivity index (χ0n) is 15.9. The Morgan fingerprint density at radius 3 is 2.30 bits per heavy atom. The van der Waals surface area contributed by atoms with Crippen molar-refractivity contribution in [3.05, 3.63) is 58.1 Å². The molecule has 0 N–H and O–H groups in total. The zero-order valence-corrected chi connectivity index (χ0v) is 15.9. The van der Waals surface area contributed by atoms with Crippen LogP contribution in [0.1, 0.15) is 48.1 Å². The Morgan fingerprint density at radius 1 is 1.04 bits per heavy atom. The normalized spacial score (nSPS) is 11.4. The maximum atomic E-state index is 13.4. The Hall–Kier alpha value is -2.50. The SMILES string of the molecule is CCC(=O)Oc1cccc(CC)c1COc1cc(C)c(C)cc1C(F)(F)F. The molecule has 0 unspecified atom stereocenters. The van der Waals surface area contributed by atoms with Gasteiger partial charge in [0.2, 0.25) is 0 Å². The van der Waals surface area contributed by atoms with E-state index in [0.29, 0.717) is 28.9 Å². The molecule has 0 fully saturated rings. The predicted molar refractivity (Wildman–Crippen MR) is 97.0 cm³/mol. The Kier molecular flexibility index (Phi) is 6.52. The van der Waals surface area contributed by atoms with Crippen molar-refractivity contribution in [2.24, 2.45) is 0 Å². The number of halogens is 3. The summed E-state index contributed by atoms with van der Waals surface area (Å²) >= 11 is 0. The number of alkyl halides is 3. The summed E-state index contributed by atoms with van der Waals surface area (Å²) < 4.78 is 51.0. The van der Waals surface area contributed by atoms with Crippen molar-refractivity contribution in [3.63, 3.8) is 0 Å². The second-order valence-electron chi connectivity index (χ2n) is 6.29. The number of hydrogen-bond acceptors (Lipinski definition) is 3. The second-order valence-corrected chi connectivity index (χ2v) is 6.29. The summed E-state index contributed by atoms with van der Waals surface area (Å²) in [7, 11) is 0. The molecular weight excluding hydrogens is 357 g/mol. The Balaban J connectivity index is 2.39. The van der Waals surface area contributed by atoms with Crippen molar-refractivity contribution in [3.8, 4) is 11.5 Å². The highest BCUT2D eigenvalue weighted by Crippen LogP contribution is 2.38. The molecule has 0 heterocycles. The molecule has 0 amide bonds. The summed E-state index contributed by atoms with van der Waals surface area (Å²) in [4.78, 5) is 11.7. The van der Waals surface area contributed by atoms with Crippen LogP contribution in [0.4, 0.5) is 13.2 Å². The summed E-state index contributed by atoms with van der Waals surface area (Å²) in [5, 5.41) is 0. The molecule has 2 rings (SSSR count). The lowest BCUT2D eigenvalue weighted by Gasteiger charge is -2.18. The predicted octanol–water partition coefficient (Wildman–Crippen LogP) is 5.78. The molecule has 2 aromatic rings. The lowest BCUT2D eigenvalue weighted by atomic mass is 10.0. The molecule has 3 nitrogen and oxygen atoms in total. The molecule has 0 atom stereocenters. The molecule has 6 heteroatoms. The zero-order chi connectivity index (χ0) is 20.2. The largest absolute Gasteiger partial charge is 0.488 e. The van der Waals surface area contributed by atoms with Crippen LogP contribution in [0.5, 0.6) is 11.5 Å². The number of esters is 1. The number of ether oxygens (including phenoxy) is 2. The van der Waals surface area contributed by atoms with Gasteiger partial charge in [-0.25, -0.2) is 0 Å². The summed E-state index contributed by atoms with van der Waals surface area (Å²) in [5.74, 6) is -0.325. The number of rotatable bonds is 6. The first-order valence-corrected chi connectivity index (χ1v) is 8.80. The minimum atomic E-state index is -4.52. The monoisotopic (exact) mass is 380 g/mol. The van der Waals surface area contributed by atoms with E-state index >= 15 is 0 Å². The van der Waals surface area contributed by atoms with Crippen LogP contribution in [0.3, 0.4) is 0 Å². The molecule has 0 spiro atoms. The van der Waals surface area contributed by atoms with Gasteiger partial charge >= 0.3 is 12.1 Å². The summed E-state index contributed by atoms with van der Waals surface area (Å²) in [6.45, 7) is 6.83. The fourth-order valence-corrected chi connectivity index (χ4v) is 2.68. The number of benzene rings is 2. The van der Waals surface area contributed by atoms with Gasteiger partial charge in [-0.15, -0.1) is 0 Å². The molecule has 0 aromatic heterocycles. The summed E-state index contributed by atoms with van der Waals surface area (Å²) in [6.07, 6.45) is -3.68. The fourth-order valence-electron chi connectivity index (χ4n) is 2.68. The second kappa shape index (κ2) is 8.46. The van der Waals surface area contributed by atoms with Crippen LogP contribution in [-0.2, 0) is 24.0 Å². The average Bonchev–Trinajstić information content (AvgIpc) is 2.61. The number of carbonyl (C=O) groups is 1. The van der Waals surface area contributed by atoms with E-state index in [1.165, 1.54) is 6.07 Å². The van der Waals surface area contributed by atoms with Crippen molar-refractivity contribution in [1.29, 1.82) is 0 Å². The maximum Gasteiger partial charge on any atom is 0.419 e. The molecule has 0 saturated heterocycles. The van der Waals surface area contributed by atoms with Gasteiger partial charge in [-0.2, -0.15) is 13.2 Å². The fraction of sp³-hybridized carbons (Fsp3) is 0.381. The summed E-state index contributed by atoms with van der Waals surface area (Å²) in [5.41, 5.74) is 1.87. The third kappa shape index (κ3) is 5.02. The van der Waals surface area contributed by atoms with E-state index in [1.54, 1.807) is 32.9 Å². The van der Waals surface area contributed by atoms with Crippen molar-refractivity contribution < 1.29 is 27.4 Å². The van der Waals surface area contributed by atoms with Crippen molar-refractivity contribution in [2.45, 2.75) is 53.3 Å². The lowest BCUT2D eigenvalue weighted by Crippen LogP contribution is -2.12. The minimum Gasteiger partial charge on any atom is -0.488 e. The van der Waals surface area contributed by atoms with Gasteiger partial charge in [0, 0.05) is 12.0 Å². The molecule has 0 aliphatic carbocycles. The molecule has 27 heavy (non-hydrogen) atoms.